The summed E-state index contributed by atoms with van der Waals surface area (Å²) in [6.45, 7) is 27.5. The molecule has 4 saturated heterocycles. The lowest BCUT2D eigenvalue weighted by atomic mass is 9.52. The molecule has 8 aromatic carbocycles. The predicted octanol–water partition coefficient (Wildman–Crippen LogP) is 15.9. The highest BCUT2D eigenvalue weighted by Crippen LogP contribution is 2.61. The number of amides is 17. The normalized spacial score (nSPS) is 26.7. The molecular formula is C113H128ClN17O17S. The first-order chi connectivity index (χ1) is 70.0. The molecule has 8 bridgehead atoms. The molecule has 34 nitrogen and oxygen atoms in total. The first-order valence-electron chi connectivity index (χ1n) is 49.7. The molecule has 14 N–H and O–H groups in total. The van der Waals surface area contributed by atoms with Crippen LogP contribution in [0.4, 0.5) is 38.4 Å². The van der Waals surface area contributed by atoms with Gasteiger partial charge in [0.1, 0.15) is 0 Å². The lowest BCUT2D eigenvalue weighted by molar-refractivity contribution is -0.166. The van der Waals surface area contributed by atoms with E-state index in [4.69, 9.17) is 11.6 Å². The van der Waals surface area contributed by atoms with Gasteiger partial charge in [0.05, 0.1) is 16.7 Å². The van der Waals surface area contributed by atoms with Gasteiger partial charge in [-0.15, -0.1) is 11.3 Å². The average molecular weight is 2060 g/mol. The average Bonchev–Trinajstić information content (AvgIpc) is 1.69. The Kier molecular flexibility index (Phi) is 30.1. The zero-order chi connectivity index (χ0) is 108. The molecule has 8 atom stereocenters. The van der Waals surface area contributed by atoms with Crippen molar-refractivity contribution in [3.05, 3.63) is 253 Å². The molecule has 780 valence electrons. The molecule has 8 unspecified atom stereocenters. The number of fused-ring (bicyclic) bond motifs is 9. The van der Waals surface area contributed by atoms with Gasteiger partial charge >= 0.3 is 11.7 Å². The Bertz CT molecular complexity index is 7000. The molecule has 0 spiro atoms. The predicted molar refractivity (Wildman–Crippen MR) is 568 cm³/mol. The molecule has 36 heteroatoms. The van der Waals surface area contributed by atoms with Crippen LogP contribution >= 0.6 is 22.9 Å². The van der Waals surface area contributed by atoms with E-state index in [1.54, 1.807) is 132 Å². The summed E-state index contributed by atoms with van der Waals surface area (Å²) in [4.78, 5) is 225. The van der Waals surface area contributed by atoms with Crippen LogP contribution in [0.3, 0.4) is 0 Å². The summed E-state index contributed by atoms with van der Waals surface area (Å²) in [5, 5.41) is 39.0. The fourth-order valence-corrected chi connectivity index (χ4v) is 25.3. The lowest BCUT2D eigenvalue weighted by Crippen LogP contribution is -2.63. The highest BCUT2D eigenvalue weighted by Gasteiger charge is 2.65. The Balaban J connectivity index is 0.000000149. The third kappa shape index (κ3) is 23.4. The molecule has 4 aliphatic heterocycles. The number of imide groups is 4. The Morgan fingerprint density at radius 3 is 1.02 bits per heavy atom. The van der Waals surface area contributed by atoms with Gasteiger partial charge in [-0.1, -0.05) is 180 Å². The molecule has 2 aromatic heterocycles. The second kappa shape index (κ2) is 41.5. The van der Waals surface area contributed by atoms with Gasteiger partial charge in [-0.2, -0.15) is 0 Å². The standard InChI is InChI=1S/C29H34N6O5.C29H30N4O4S.C29H36N4O4.C26H28ClN3O4/c1-5-35-21-11-10-19(12-20(21)33-26(35)40)32-25(39)31-18-8-6-17(7-9-18)13-30-22(36)27(2)14-28(3)16-29(4,15-27)24(38)34-23(28)37;1-27(15-28(2)17-29(3,16-27)25(37)33-24(28)36)23(35)30-13-18-9-11-20(12-10-18)22(34)32-26-31-21(14-38-26)19-7-5-4-6-8-19;1-18-7-12-21(13-22(18)33(5)6)31-23(34)20-10-8-19(9-11-20)14-30-24(35)27(2)15-28(3)17-29(4,16-27)26(37)32-25(28)36;1-24(13-25(2)15-26(3,14-24)23(34)30-22(25)33)21(32)28-12-16-4-6-17(7-5-16)20(31)29-19-10-8-18(27)9-11-19/h6-12H,5,13-16H2,1-4H3,(H,30,36)(H,33,40)(H2,31,32,39)(H,34,37,38);4-12,14H,13,15-17H2,1-3H3,(H,30,35)(H,31,32,34)(H,33,36,37);7-13H,14-17H2,1-6H3,(H,30,35)(H,31,34)(H,32,36,37);4-11H,12-15H2,1-3H3,(H,28,32)(H,29,31)(H,30,33,34). The summed E-state index contributed by atoms with van der Waals surface area (Å²) in [5.41, 5.74) is 2.97. The Morgan fingerprint density at radius 1 is 0.369 bits per heavy atom. The van der Waals surface area contributed by atoms with E-state index < -0.39 is 71.0 Å². The smallest absolute Gasteiger partial charge is 0.326 e. The third-order valence-corrected chi connectivity index (χ3v) is 31.7. The van der Waals surface area contributed by atoms with Crippen molar-refractivity contribution >= 4 is 162 Å². The van der Waals surface area contributed by atoms with Crippen LogP contribution in [0.15, 0.2) is 198 Å². The van der Waals surface area contributed by atoms with Crippen molar-refractivity contribution in [2.45, 2.75) is 207 Å². The Hall–Kier alpha value is -15.1. The number of thiazole rings is 1. The maximum Gasteiger partial charge on any atom is 0.326 e. The number of nitrogens with zero attached hydrogens (tertiary/aromatic N) is 3. The Labute approximate surface area is 872 Å². The molecule has 6 heterocycles. The number of carbonyl (C=O) groups excluding carboxylic acids is 16. The number of urea groups is 1. The number of halogens is 1. The topological polar surface area (TPSA) is 483 Å². The number of H-pyrrole nitrogens is 1. The van der Waals surface area contributed by atoms with Crippen LogP contribution < -0.4 is 79.7 Å². The molecule has 17 amide bonds. The van der Waals surface area contributed by atoms with E-state index in [-0.39, 0.29) is 120 Å². The van der Waals surface area contributed by atoms with Gasteiger partial charge in [0.15, 0.2) is 5.13 Å². The van der Waals surface area contributed by atoms with Gasteiger partial charge in [0, 0.05) is 173 Å². The number of aromatic nitrogens is 3. The summed E-state index contributed by atoms with van der Waals surface area (Å²) < 4.78 is 1.61. The van der Waals surface area contributed by atoms with Gasteiger partial charge < -0.3 is 52.4 Å². The molecule has 4 saturated carbocycles. The molecule has 4 aliphatic carbocycles. The molecule has 10 aromatic rings. The first kappa shape index (κ1) is 108. The van der Waals surface area contributed by atoms with Crippen molar-refractivity contribution in [1.29, 1.82) is 0 Å². The maximum atomic E-state index is 13.3. The molecule has 0 radical (unpaired) electrons. The third-order valence-electron chi connectivity index (χ3n) is 30.7. The van der Waals surface area contributed by atoms with Crippen LogP contribution in [0.1, 0.15) is 226 Å². The number of benzene rings is 8. The number of rotatable bonds is 23. The minimum Gasteiger partial charge on any atom is -0.377 e. The van der Waals surface area contributed by atoms with Crippen LogP contribution in [0.2, 0.25) is 5.02 Å². The minimum atomic E-state index is -0.857. The first-order valence-corrected chi connectivity index (χ1v) is 51.0. The van der Waals surface area contributed by atoms with Crippen molar-refractivity contribution in [2.24, 2.45) is 65.0 Å². The van der Waals surface area contributed by atoms with Crippen LogP contribution in [-0.4, -0.2) is 123 Å². The largest absolute Gasteiger partial charge is 0.377 e. The number of imidazole rings is 1. The summed E-state index contributed by atoms with van der Waals surface area (Å²) in [6, 6.07) is 55.3. The van der Waals surface area contributed by atoms with Crippen LogP contribution in [0.5, 0.6) is 0 Å². The van der Waals surface area contributed by atoms with E-state index in [9.17, 15) is 81.5 Å². The summed E-state index contributed by atoms with van der Waals surface area (Å²) in [5.74, 6) is -3.90. The molecule has 8 fully saturated rings. The number of hydrogen-bond acceptors (Lipinski definition) is 20. The summed E-state index contributed by atoms with van der Waals surface area (Å²) in [7, 11) is 3.92. The van der Waals surface area contributed by atoms with E-state index in [0.717, 1.165) is 56.0 Å². The van der Waals surface area contributed by atoms with Crippen LogP contribution in [0, 0.1) is 71.9 Å². The van der Waals surface area contributed by atoms with Crippen molar-refractivity contribution in [3.63, 3.8) is 0 Å². The number of aromatic amines is 1. The van der Waals surface area contributed by atoms with E-state index in [0.29, 0.717) is 133 Å². The van der Waals surface area contributed by atoms with Crippen LogP contribution in [-0.2, 0) is 90.3 Å². The van der Waals surface area contributed by atoms with Crippen molar-refractivity contribution < 1.29 is 76.7 Å². The number of nitrogens with one attached hydrogen (secondary N) is 14. The summed E-state index contributed by atoms with van der Waals surface area (Å²) in [6.07, 6.45) is 4.81. The van der Waals surface area contributed by atoms with Crippen LogP contribution in [0.25, 0.3) is 22.3 Å². The number of hydrogen-bond donors (Lipinski definition) is 14. The number of piperidine rings is 4. The monoisotopic (exact) mass is 2060 g/mol. The van der Waals surface area contributed by atoms with E-state index in [1.807, 2.05) is 182 Å². The summed E-state index contributed by atoms with van der Waals surface area (Å²) >= 11 is 7.23. The van der Waals surface area contributed by atoms with Gasteiger partial charge in [-0.3, -0.25) is 103 Å². The quantitative estimate of drug-likeness (QED) is 0.0264. The van der Waals surface area contributed by atoms with E-state index >= 15 is 0 Å². The zero-order valence-corrected chi connectivity index (χ0v) is 88.1. The lowest BCUT2D eigenvalue weighted by Gasteiger charge is -2.53. The van der Waals surface area contributed by atoms with Crippen molar-refractivity contribution in [3.8, 4) is 11.3 Å². The number of carbonyl (C=O) groups is 16. The second-order valence-corrected chi connectivity index (χ2v) is 46.4. The van der Waals surface area contributed by atoms with Crippen molar-refractivity contribution in [1.82, 2.24) is 57.1 Å². The fourth-order valence-electron chi connectivity index (χ4n) is 24.4. The maximum absolute atomic E-state index is 13.3. The van der Waals surface area contributed by atoms with Gasteiger partial charge in [0.2, 0.25) is 70.9 Å². The SMILES string of the molecule is CC1(C(=O)NCc2ccc(C(=O)Nc3ccc(Cl)cc3)cc2)CC2(C)CC(C)(C1)C(=O)NC2=O.CC1(C(=O)NCc2ccc(C(=O)Nc3nc(-c4ccccc4)cs3)cc2)CC2(C)CC(C)(C1)C(=O)NC2=O.CCn1c(=O)[nH]c2cc(NC(=O)Nc3ccc(CNC(=O)C4(C)CC5(C)CC(C)(C4)C(=O)NC5=O)cc3)ccc21.Cc1ccc(NC(=O)c2ccc(CNC(=O)C3(C)CC4(C)CC(C)(C3)C(=O)NC4=O)cc2)cc1N(C)C. The molecule has 149 heavy (non-hydrogen) atoms. The number of anilines is 6. The van der Waals surface area contributed by atoms with Gasteiger partial charge in [-0.25, -0.2) is 14.6 Å². The molecular weight excluding hydrogens is 1930 g/mol. The van der Waals surface area contributed by atoms with E-state index in [2.05, 4.69) is 79.1 Å². The van der Waals surface area contributed by atoms with Gasteiger partial charge in [0.25, 0.3) is 17.7 Å². The Morgan fingerprint density at radius 2 is 0.671 bits per heavy atom. The van der Waals surface area contributed by atoms with Crippen molar-refractivity contribution in [2.75, 3.05) is 45.6 Å². The molecule has 18 rings (SSSR count). The minimum absolute atomic E-state index is 0.176. The fraction of sp³-hybridized carbons (Fsp3) is 0.398. The second-order valence-electron chi connectivity index (χ2n) is 45.2. The molecule has 8 aliphatic rings. The zero-order valence-electron chi connectivity index (χ0n) is 86.6. The highest BCUT2D eigenvalue weighted by molar-refractivity contribution is 7.14. The highest BCUT2D eigenvalue weighted by atomic mass is 35.5. The van der Waals surface area contributed by atoms with Gasteiger partial charge in [-0.05, 0) is 222 Å². The number of aryl methyl sites for hydroxylation is 2. The van der Waals surface area contributed by atoms with E-state index in [1.165, 1.54) is 11.3 Å².